The lowest BCUT2D eigenvalue weighted by Crippen LogP contribution is -2.43. The van der Waals surface area contributed by atoms with Crippen molar-refractivity contribution in [3.05, 3.63) is 59.7 Å². The standard InChI is InChI=1S/C21H26N2O4/c1-25-13-5-12-23-20(22-19-7-4-3-6-18(19)21(23)24)16-8-10-17(11-9-16)27-15-14-26-2/h3-4,6-11,20,22H,5,12-15H2,1-2H3. The van der Waals surface area contributed by atoms with Crippen molar-refractivity contribution in [2.75, 3.05) is 45.9 Å². The Morgan fingerprint density at radius 1 is 0.963 bits per heavy atom. The highest BCUT2D eigenvalue weighted by Gasteiger charge is 2.32. The molecule has 6 nitrogen and oxygen atoms in total. The van der Waals surface area contributed by atoms with Crippen LogP contribution in [0.5, 0.6) is 5.75 Å². The summed E-state index contributed by atoms with van der Waals surface area (Å²) < 4.78 is 15.8. The van der Waals surface area contributed by atoms with Gasteiger partial charge in [-0.05, 0) is 36.2 Å². The van der Waals surface area contributed by atoms with Gasteiger partial charge in [-0.25, -0.2) is 0 Å². The Hall–Kier alpha value is -2.57. The van der Waals surface area contributed by atoms with Crippen LogP contribution in [0.4, 0.5) is 5.69 Å². The molecule has 0 aliphatic carbocycles. The second-order valence-corrected chi connectivity index (χ2v) is 6.35. The Balaban J connectivity index is 1.81. The number of hydrogen-bond donors (Lipinski definition) is 1. The first kappa shape index (κ1) is 19.2. The van der Waals surface area contributed by atoms with Crippen LogP contribution in [-0.4, -0.2) is 51.4 Å². The van der Waals surface area contributed by atoms with E-state index >= 15 is 0 Å². The molecule has 1 heterocycles. The molecular formula is C21H26N2O4. The Labute approximate surface area is 160 Å². The van der Waals surface area contributed by atoms with Crippen LogP contribution < -0.4 is 10.1 Å². The van der Waals surface area contributed by atoms with Gasteiger partial charge in [-0.15, -0.1) is 0 Å². The summed E-state index contributed by atoms with van der Waals surface area (Å²) in [4.78, 5) is 14.9. The summed E-state index contributed by atoms with van der Waals surface area (Å²) in [5.41, 5.74) is 2.57. The number of nitrogens with one attached hydrogen (secondary N) is 1. The molecule has 1 unspecified atom stereocenters. The molecule has 0 fully saturated rings. The van der Waals surface area contributed by atoms with Crippen molar-refractivity contribution in [1.82, 2.24) is 4.90 Å². The molecule has 1 N–H and O–H groups in total. The lowest BCUT2D eigenvalue weighted by atomic mass is 10.0. The van der Waals surface area contributed by atoms with Crippen LogP contribution in [0, 0.1) is 0 Å². The highest BCUT2D eigenvalue weighted by molar-refractivity contribution is 6.01. The van der Waals surface area contributed by atoms with Crippen molar-refractivity contribution in [2.45, 2.75) is 12.6 Å². The highest BCUT2D eigenvalue weighted by Crippen LogP contribution is 2.33. The van der Waals surface area contributed by atoms with E-state index < -0.39 is 0 Å². The summed E-state index contributed by atoms with van der Waals surface area (Å²) in [7, 11) is 3.32. The van der Waals surface area contributed by atoms with Gasteiger partial charge in [0.15, 0.2) is 0 Å². The van der Waals surface area contributed by atoms with E-state index in [1.54, 1.807) is 14.2 Å². The molecule has 0 spiro atoms. The third kappa shape index (κ3) is 4.59. The van der Waals surface area contributed by atoms with Crippen molar-refractivity contribution in [3.8, 4) is 5.75 Å². The molecule has 2 aromatic carbocycles. The van der Waals surface area contributed by atoms with Crippen LogP contribution in [-0.2, 0) is 9.47 Å². The fraction of sp³-hybridized carbons (Fsp3) is 0.381. The molecule has 1 atom stereocenters. The number of para-hydroxylation sites is 1. The van der Waals surface area contributed by atoms with Gasteiger partial charge in [0.1, 0.15) is 18.5 Å². The van der Waals surface area contributed by atoms with Gasteiger partial charge >= 0.3 is 0 Å². The van der Waals surface area contributed by atoms with Gasteiger partial charge < -0.3 is 24.4 Å². The molecule has 3 rings (SSSR count). The van der Waals surface area contributed by atoms with Crippen LogP contribution in [0.2, 0.25) is 0 Å². The number of anilines is 1. The minimum absolute atomic E-state index is 0.0332. The summed E-state index contributed by atoms with van der Waals surface area (Å²) in [5.74, 6) is 0.815. The maximum absolute atomic E-state index is 13.0. The first-order valence-corrected chi connectivity index (χ1v) is 9.11. The van der Waals surface area contributed by atoms with E-state index in [2.05, 4.69) is 5.32 Å². The first-order chi connectivity index (χ1) is 13.2. The van der Waals surface area contributed by atoms with Gasteiger partial charge in [-0.2, -0.15) is 0 Å². The molecule has 27 heavy (non-hydrogen) atoms. The summed E-state index contributed by atoms with van der Waals surface area (Å²) in [6.45, 7) is 2.28. The number of fused-ring (bicyclic) bond motifs is 1. The van der Waals surface area contributed by atoms with E-state index in [1.807, 2.05) is 53.4 Å². The second kappa shape index (κ2) is 9.39. The number of rotatable bonds is 9. The summed E-state index contributed by atoms with van der Waals surface area (Å²) in [6, 6.07) is 15.4. The van der Waals surface area contributed by atoms with Crippen molar-refractivity contribution in [3.63, 3.8) is 0 Å². The molecule has 0 radical (unpaired) electrons. The summed E-state index contributed by atoms with van der Waals surface area (Å²) in [5, 5.41) is 3.50. The predicted octanol–water partition coefficient (Wildman–Crippen LogP) is 3.31. The van der Waals surface area contributed by atoms with E-state index in [-0.39, 0.29) is 12.1 Å². The summed E-state index contributed by atoms with van der Waals surface area (Å²) in [6.07, 6.45) is 0.554. The van der Waals surface area contributed by atoms with Crippen LogP contribution in [0.15, 0.2) is 48.5 Å². The first-order valence-electron chi connectivity index (χ1n) is 9.11. The maximum atomic E-state index is 13.0. The molecule has 1 amide bonds. The van der Waals surface area contributed by atoms with Crippen LogP contribution in [0.1, 0.15) is 28.5 Å². The topological polar surface area (TPSA) is 60.0 Å². The number of carbonyl (C=O) groups excluding carboxylic acids is 1. The third-order valence-electron chi connectivity index (χ3n) is 4.52. The lowest BCUT2D eigenvalue weighted by molar-refractivity contribution is 0.0660. The normalized spacial score (nSPS) is 16.0. The number of amides is 1. The molecule has 144 valence electrons. The molecule has 6 heteroatoms. The van der Waals surface area contributed by atoms with E-state index in [0.717, 1.165) is 23.4 Å². The molecule has 1 aliphatic heterocycles. The highest BCUT2D eigenvalue weighted by atomic mass is 16.5. The number of nitrogens with zero attached hydrogens (tertiary/aromatic N) is 1. The van der Waals surface area contributed by atoms with Crippen LogP contribution in [0.3, 0.4) is 0 Å². The van der Waals surface area contributed by atoms with Gasteiger partial charge in [0.25, 0.3) is 5.91 Å². The number of benzene rings is 2. The Bertz CT molecular complexity index is 748. The zero-order valence-corrected chi connectivity index (χ0v) is 15.8. The van der Waals surface area contributed by atoms with E-state index in [0.29, 0.717) is 31.9 Å². The smallest absolute Gasteiger partial charge is 0.257 e. The average Bonchev–Trinajstić information content (AvgIpc) is 2.70. The SMILES string of the molecule is COCCCN1C(=O)c2ccccc2NC1c1ccc(OCCOC)cc1. The van der Waals surface area contributed by atoms with Crippen molar-refractivity contribution in [1.29, 1.82) is 0 Å². The fourth-order valence-corrected chi connectivity index (χ4v) is 3.16. The van der Waals surface area contributed by atoms with Gasteiger partial charge in [0.05, 0.1) is 12.2 Å². The van der Waals surface area contributed by atoms with E-state index in [1.165, 1.54) is 0 Å². The zero-order valence-electron chi connectivity index (χ0n) is 15.8. The van der Waals surface area contributed by atoms with Crippen molar-refractivity contribution < 1.29 is 19.0 Å². The van der Waals surface area contributed by atoms with E-state index in [4.69, 9.17) is 14.2 Å². The van der Waals surface area contributed by atoms with E-state index in [9.17, 15) is 4.79 Å². The average molecular weight is 370 g/mol. The Morgan fingerprint density at radius 3 is 2.44 bits per heavy atom. The summed E-state index contributed by atoms with van der Waals surface area (Å²) >= 11 is 0. The van der Waals surface area contributed by atoms with Gasteiger partial charge in [-0.1, -0.05) is 24.3 Å². The number of carbonyl (C=O) groups is 1. The predicted molar refractivity (Wildman–Crippen MR) is 104 cm³/mol. The quantitative estimate of drug-likeness (QED) is 0.686. The minimum atomic E-state index is -0.225. The fourth-order valence-electron chi connectivity index (χ4n) is 3.16. The molecule has 2 aromatic rings. The molecule has 1 aliphatic rings. The van der Waals surface area contributed by atoms with Gasteiger partial charge in [0.2, 0.25) is 0 Å². The molecule has 0 bridgehead atoms. The largest absolute Gasteiger partial charge is 0.491 e. The third-order valence-corrected chi connectivity index (χ3v) is 4.52. The number of hydrogen-bond acceptors (Lipinski definition) is 5. The lowest BCUT2D eigenvalue weighted by Gasteiger charge is -2.38. The van der Waals surface area contributed by atoms with Crippen molar-refractivity contribution >= 4 is 11.6 Å². The maximum Gasteiger partial charge on any atom is 0.257 e. The van der Waals surface area contributed by atoms with Crippen molar-refractivity contribution in [2.24, 2.45) is 0 Å². The Kier molecular flexibility index (Phi) is 6.68. The minimum Gasteiger partial charge on any atom is -0.491 e. The van der Waals surface area contributed by atoms with Gasteiger partial charge in [-0.3, -0.25) is 4.79 Å². The molecular weight excluding hydrogens is 344 g/mol. The van der Waals surface area contributed by atoms with Crippen LogP contribution >= 0.6 is 0 Å². The monoisotopic (exact) mass is 370 g/mol. The Morgan fingerprint density at radius 2 is 1.70 bits per heavy atom. The zero-order chi connectivity index (χ0) is 19.1. The number of ether oxygens (including phenoxy) is 3. The second-order valence-electron chi connectivity index (χ2n) is 6.35. The molecule has 0 saturated carbocycles. The van der Waals surface area contributed by atoms with Gasteiger partial charge in [0, 0.05) is 33.1 Å². The molecule has 0 saturated heterocycles. The van der Waals surface area contributed by atoms with Crippen LogP contribution in [0.25, 0.3) is 0 Å². The molecule has 0 aromatic heterocycles. The number of methoxy groups -OCH3 is 2.